The standard InChI is InChI=1S/C25H24ClFN4O2/c1-16-13-30(15-28-16)22-8-5-17(11-24(22)32-2)10-19-4-3-9-31-23(14-33-29-25(19)31)18-6-7-21(27)20(26)12-18/h5-8,10-13,15,23H,3-4,9,14H2,1-2H3/b19-10+. The number of methoxy groups -OCH3 is 1. The molecule has 0 aliphatic carbocycles. The zero-order chi connectivity index (χ0) is 22.9. The van der Waals surface area contributed by atoms with E-state index in [1.54, 1.807) is 25.6 Å². The molecule has 5 rings (SSSR count). The number of hydrogen-bond acceptors (Lipinski definition) is 5. The van der Waals surface area contributed by atoms with Crippen molar-refractivity contribution in [1.29, 1.82) is 0 Å². The molecule has 1 saturated heterocycles. The van der Waals surface area contributed by atoms with Gasteiger partial charge in [-0.25, -0.2) is 9.37 Å². The van der Waals surface area contributed by atoms with Gasteiger partial charge in [0.15, 0.2) is 5.84 Å². The Kier molecular flexibility index (Phi) is 5.81. The van der Waals surface area contributed by atoms with Crippen LogP contribution in [0.3, 0.4) is 0 Å². The van der Waals surface area contributed by atoms with Gasteiger partial charge in [0.2, 0.25) is 0 Å². The highest BCUT2D eigenvalue weighted by molar-refractivity contribution is 6.30. The van der Waals surface area contributed by atoms with Gasteiger partial charge in [0.25, 0.3) is 0 Å². The first-order chi connectivity index (χ1) is 16.0. The van der Waals surface area contributed by atoms with Crippen LogP contribution in [-0.2, 0) is 4.84 Å². The van der Waals surface area contributed by atoms with Crippen molar-refractivity contribution in [3.8, 4) is 11.4 Å². The second-order valence-corrected chi connectivity index (χ2v) is 8.63. The fraction of sp³-hybridized carbons (Fsp3) is 0.280. The Labute approximate surface area is 196 Å². The number of rotatable bonds is 4. The molecule has 0 amide bonds. The van der Waals surface area contributed by atoms with Gasteiger partial charge in [0.05, 0.1) is 35.9 Å². The van der Waals surface area contributed by atoms with Gasteiger partial charge in [-0.05, 0) is 66.8 Å². The maximum Gasteiger partial charge on any atom is 0.172 e. The Morgan fingerprint density at radius 2 is 2.12 bits per heavy atom. The Morgan fingerprint density at radius 1 is 1.24 bits per heavy atom. The van der Waals surface area contributed by atoms with E-state index in [1.165, 1.54) is 6.07 Å². The Balaban J connectivity index is 1.45. The SMILES string of the molecule is COc1cc(/C=C2\CCCN3C2=NOCC3c2ccc(F)c(Cl)c2)ccc1-n1cnc(C)c1. The number of nitrogens with zero attached hydrogens (tertiary/aromatic N) is 4. The van der Waals surface area contributed by atoms with E-state index in [9.17, 15) is 4.39 Å². The highest BCUT2D eigenvalue weighted by atomic mass is 35.5. The molecule has 3 aromatic rings. The smallest absolute Gasteiger partial charge is 0.172 e. The van der Waals surface area contributed by atoms with Gasteiger partial charge in [-0.3, -0.25) is 0 Å². The average Bonchev–Trinajstić information content (AvgIpc) is 3.26. The number of aromatic nitrogens is 2. The largest absolute Gasteiger partial charge is 0.495 e. The Bertz CT molecular complexity index is 1250. The number of fused-ring (bicyclic) bond motifs is 1. The lowest BCUT2D eigenvalue weighted by Crippen LogP contribution is -2.44. The fourth-order valence-corrected chi connectivity index (χ4v) is 4.59. The van der Waals surface area contributed by atoms with E-state index in [-0.39, 0.29) is 11.1 Å². The first kappa shape index (κ1) is 21.5. The number of benzene rings is 2. The summed E-state index contributed by atoms with van der Waals surface area (Å²) in [5.41, 5.74) is 4.89. The summed E-state index contributed by atoms with van der Waals surface area (Å²) in [6, 6.07) is 10.9. The molecule has 1 atom stereocenters. The van der Waals surface area contributed by atoms with E-state index in [2.05, 4.69) is 27.2 Å². The molecule has 1 unspecified atom stereocenters. The zero-order valence-corrected chi connectivity index (χ0v) is 19.2. The fourth-order valence-electron chi connectivity index (χ4n) is 4.40. The summed E-state index contributed by atoms with van der Waals surface area (Å²) < 4.78 is 21.3. The van der Waals surface area contributed by atoms with Crippen molar-refractivity contribution in [1.82, 2.24) is 14.5 Å². The summed E-state index contributed by atoms with van der Waals surface area (Å²) in [5.74, 6) is 1.15. The van der Waals surface area contributed by atoms with Crippen molar-refractivity contribution in [3.05, 3.63) is 82.2 Å². The number of imidazole rings is 1. The molecule has 0 saturated carbocycles. The van der Waals surface area contributed by atoms with Crippen molar-refractivity contribution in [2.45, 2.75) is 25.8 Å². The number of amidine groups is 1. The third-order valence-corrected chi connectivity index (χ3v) is 6.32. The van der Waals surface area contributed by atoms with Gasteiger partial charge in [-0.15, -0.1) is 0 Å². The van der Waals surface area contributed by atoms with Crippen molar-refractivity contribution in [3.63, 3.8) is 0 Å². The van der Waals surface area contributed by atoms with E-state index in [1.807, 2.05) is 29.8 Å². The Hall–Kier alpha value is -3.32. The molecule has 2 aromatic carbocycles. The lowest BCUT2D eigenvalue weighted by atomic mass is 9.96. The predicted molar refractivity (Wildman–Crippen MR) is 126 cm³/mol. The van der Waals surface area contributed by atoms with Crippen LogP contribution < -0.4 is 4.74 Å². The summed E-state index contributed by atoms with van der Waals surface area (Å²) in [6.45, 7) is 3.20. The molecule has 0 N–H and O–H groups in total. The predicted octanol–water partition coefficient (Wildman–Crippen LogP) is 5.55. The minimum atomic E-state index is -0.423. The van der Waals surface area contributed by atoms with Gasteiger partial charge in [-0.1, -0.05) is 28.9 Å². The maximum absolute atomic E-state index is 13.7. The van der Waals surface area contributed by atoms with Crippen molar-refractivity contribution in [2.24, 2.45) is 5.16 Å². The van der Waals surface area contributed by atoms with Gasteiger partial charge < -0.3 is 19.0 Å². The summed E-state index contributed by atoms with van der Waals surface area (Å²) in [6.07, 6.45) is 7.74. The Morgan fingerprint density at radius 3 is 2.88 bits per heavy atom. The van der Waals surface area contributed by atoms with Crippen LogP contribution in [0.2, 0.25) is 5.02 Å². The average molecular weight is 467 g/mol. The van der Waals surface area contributed by atoms with Crippen molar-refractivity contribution < 1.29 is 14.0 Å². The second-order valence-electron chi connectivity index (χ2n) is 8.22. The summed E-state index contributed by atoms with van der Waals surface area (Å²) >= 11 is 6.04. The van der Waals surface area contributed by atoms with Crippen molar-refractivity contribution >= 4 is 23.5 Å². The van der Waals surface area contributed by atoms with Gasteiger partial charge in [-0.2, -0.15) is 0 Å². The highest BCUT2D eigenvalue weighted by Gasteiger charge is 2.33. The number of oxime groups is 1. The van der Waals surface area contributed by atoms with Crippen LogP contribution in [-0.4, -0.2) is 40.5 Å². The molecule has 170 valence electrons. The van der Waals surface area contributed by atoms with Gasteiger partial charge >= 0.3 is 0 Å². The van der Waals surface area contributed by atoms with E-state index in [4.69, 9.17) is 21.2 Å². The normalized spacial score (nSPS) is 19.2. The van der Waals surface area contributed by atoms with E-state index in [0.29, 0.717) is 6.61 Å². The highest BCUT2D eigenvalue weighted by Crippen LogP contribution is 2.34. The van der Waals surface area contributed by atoms with Gasteiger partial charge in [0, 0.05) is 12.7 Å². The third-order valence-electron chi connectivity index (χ3n) is 6.03. The molecular weight excluding hydrogens is 443 g/mol. The molecule has 2 aliphatic rings. The molecule has 6 nitrogen and oxygen atoms in total. The summed E-state index contributed by atoms with van der Waals surface area (Å²) in [7, 11) is 1.67. The molecule has 0 bridgehead atoms. The molecule has 1 fully saturated rings. The lowest BCUT2D eigenvalue weighted by molar-refractivity contribution is 0.0575. The number of aryl methyl sites for hydroxylation is 1. The van der Waals surface area contributed by atoms with E-state index >= 15 is 0 Å². The molecule has 3 heterocycles. The van der Waals surface area contributed by atoms with Gasteiger partial charge in [0.1, 0.15) is 18.2 Å². The molecule has 2 aliphatic heterocycles. The minimum Gasteiger partial charge on any atom is -0.495 e. The number of hydrogen-bond donors (Lipinski definition) is 0. The van der Waals surface area contributed by atoms with Crippen LogP contribution in [0.5, 0.6) is 5.75 Å². The molecule has 1 aromatic heterocycles. The number of halogens is 2. The monoisotopic (exact) mass is 466 g/mol. The number of piperidine rings is 1. The molecule has 0 spiro atoms. The first-order valence-electron chi connectivity index (χ1n) is 10.8. The molecular formula is C25H24ClFN4O2. The van der Waals surface area contributed by atoms with E-state index < -0.39 is 5.82 Å². The summed E-state index contributed by atoms with van der Waals surface area (Å²) in [5, 5.41) is 4.49. The number of ether oxygens (including phenoxy) is 1. The van der Waals surface area contributed by atoms with Crippen LogP contribution in [0.4, 0.5) is 4.39 Å². The van der Waals surface area contributed by atoms with Crippen LogP contribution in [0.1, 0.15) is 35.7 Å². The van der Waals surface area contributed by atoms with Crippen LogP contribution in [0.15, 0.2) is 59.7 Å². The topological polar surface area (TPSA) is 51.9 Å². The van der Waals surface area contributed by atoms with E-state index in [0.717, 1.165) is 59.1 Å². The third kappa shape index (κ3) is 4.20. The quantitative estimate of drug-likeness (QED) is 0.506. The maximum atomic E-state index is 13.7. The second kappa shape index (κ2) is 8.90. The zero-order valence-electron chi connectivity index (χ0n) is 18.5. The lowest BCUT2D eigenvalue weighted by Gasteiger charge is -2.40. The minimum absolute atomic E-state index is 0.0688. The molecule has 8 heteroatoms. The molecule has 33 heavy (non-hydrogen) atoms. The van der Waals surface area contributed by atoms with Crippen LogP contribution >= 0.6 is 11.6 Å². The summed E-state index contributed by atoms with van der Waals surface area (Å²) in [4.78, 5) is 12.1. The van der Waals surface area contributed by atoms with Crippen LogP contribution in [0.25, 0.3) is 11.8 Å². The van der Waals surface area contributed by atoms with Crippen molar-refractivity contribution in [2.75, 3.05) is 20.3 Å². The molecule has 0 radical (unpaired) electrons. The van der Waals surface area contributed by atoms with Crippen LogP contribution in [0, 0.1) is 12.7 Å². The first-order valence-corrected chi connectivity index (χ1v) is 11.2.